The zero-order chi connectivity index (χ0) is 13.1. The monoisotopic (exact) mass is 249 g/mol. The second-order valence-corrected chi connectivity index (χ2v) is 4.34. The molecule has 0 aliphatic heterocycles. The van der Waals surface area contributed by atoms with Gasteiger partial charge in [0.2, 0.25) is 0 Å². The minimum absolute atomic E-state index is 0.233. The lowest BCUT2D eigenvalue weighted by Crippen LogP contribution is -1.81. The highest BCUT2D eigenvalue weighted by molar-refractivity contribution is 5.87. The SMILES string of the molecule is Fc1ccc(/C=N/c2ccc3ccccc3c2)cc1. The van der Waals surface area contributed by atoms with Gasteiger partial charge in [-0.05, 0) is 40.6 Å². The van der Waals surface area contributed by atoms with Crippen LogP contribution in [0.2, 0.25) is 0 Å². The van der Waals surface area contributed by atoms with Crippen LogP contribution in [0, 0.1) is 5.82 Å². The maximum Gasteiger partial charge on any atom is 0.123 e. The van der Waals surface area contributed by atoms with Crippen LogP contribution in [0.4, 0.5) is 10.1 Å². The van der Waals surface area contributed by atoms with E-state index in [4.69, 9.17) is 0 Å². The van der Waals surface area contributed by atoms with Crippen molar-refractivity contribution >= 4 is 22.7 Å². The molecule has 0 amide bonds. The van der Waals surface area contributed by atoms with E-state index in [0.29, 0.717) is 0 Å². The van der Waals surface area contributed by atoms with Crippen molar-refractivity contribution < 1.29 is 4.39 Å². The average Bonchev–Trinajstić information content (AvgIpc) is 2.46. The molecule has 0 N–H and O–H groups in total. The number of halogens is 1. The van der Waals surface area contributed by atoms with Crippen molar-refractivity contribution in [2.75, 3.05) is 0 Å². The quantitative estimate of drug-likeness (QED) is 0.582. The number of fused-ring (bicyclic) bond motifs is 1. The summed E-state index contributed by atoms with van der Waals surface area (Å²) in [6, 6.07) is 20.5. The van der Waals surface area contributed by atoms with Gasteiger partial charge in [-0.25, -0.2) is 4.39 Å². The van der Waals surface area contributed by atoms with Crippen LogP contribution in [0.5, 0.6) is 0 Å². The molecule has 2 heteroatoms. The molecule has 3 rings (SSSR count). The molecule has 0 bridgehead atoms. The van der Waals surface area contributed by atoms with Gasteiger partial charge >= 0.3 is 0 Å². The molecule has 3 aromatic carbocycles. The Morgan fingerprint density at radius 1 is 0.789 bits per heavy atom. The minimum Gasteiger partial charge on any atom is -0.256 e. The lowest BCUT2D eigenvalue weighted by molar-refractivity contribution is 0.628. The van der Waals surface area contributed by atoms with Crippen LogP contribution in [-0.2, 0) is 0 Å². The fraction of sp³-hybridized carbons (Fsp3) is 0. The number of hydrogen-bond acceptors (Lipinski definition) is 1. The van der Waals surface area contributed by atoms with Gasteiger partial charge in [-0.15, -0.1) is 0 Å². The molecule has 0 heterocycles. The second-order valence-electron chi connectivity index (χ2n) is 4.34. The molecule has 0 saturated heterocycles. The van der Waals surface area contributed by atoms with Crippen molar-refractivity contribution in [3.8, 4) is 0 Å². The lowest BCUT2D eigenvalue weighted by Gasteiger charge is -1.99. The van der Waals surface area contributed by atoms with Crippen LogP contribution in [0.1, 0.15) is 5.56 Å². The molecule has 92 valence electrons. The van der Waals surface area contributed by atoms with Gasteiger partial charge in [0.15, 0.2) is 0 Å². The van der Waals surface area contributed by atoms with E-state index in [-0.39, 0.29) is 5.82 Å². The molecule has 3 aromatic rings. The van der Waals surface area contributed by atoms with Crippen LogP contribution >= 0.6 is 0 Å². The maximum atomic E-state index is 12.8. The fourth-order valence-electron chi connectivity index (χ4n) is 1.95. The van der Waals surface area contributed by atoms with E-state index in [1.807, 2.05) is 30.3 Å². The first-order chi connectivity index (χ1) is 9.31. The van der Waals surface area contributed by atoms with Gasteiger partial charge in [-0.1, -0.05) is 42.5 Å². The molecule has 0 atom stereocenters. The molecular formula is C17H12FN. The standard InChI is InChI=1S/C17H12FN/c18-16-8-5-13(6-9-16)12-19-17-10-7-14-3-1-2-4-15(14)11-17/h1-12H/b19-12+. The van der Waals surface area contributed by atoms with Crippen LogP contribution in [-0.4, -0.2) is 6.21 Å². The summed E-state index contributed by atoms with van der Waals surface area (Å²) in [6.45, 7) is 0. The number of hydrogen-bond donors (Lipinski definition) is 0. The first kappa shape index (κ1) is 11.6. The number of rotatable bonds is 2. The highest BCUT2D eigenvalue weighted by atomic mass is 19.1. The molecule has 0 radical (unpaired) electrons. The Kier molecular flexibility index (Phi) is 3.07. The molecule has 0 aliphatic carbocycles. The van der Waals surface area contributed by atoms with Gasteiger partial charge in [0.1, 0.15) is 5.82 Å². The summed E-state index contributed by atoms with van der Waals surface area (Å²) in [5.41, 5.74) is 1.78. The van der Waals surface area contributed by atoms with E-state index >= 15 is 0 Å². The Bertz CT molecular complexity index is 730. The van der Waals surface area contributed by atoms with E-state index in [1.165, 1.54) is 17.5 Å². The normalized spacial score (nSPS) is 11.2. The van der Waals surface area contributed by atoms with Gasteiger partial charge in [-0.3, -0.25) is 4.99 Å². The van der Waals surface area contributed by atoms with Gasteiger partial charge < -0.3 is 0 Å². The van der Waals surface area contributed by atoms with Crippen LogP contribution in [0.25, 0.3) is 10.8 Å². The van der Waals surface area contributed by atoms with Gasteiger partial charge in [0, 0.05) is 6.21 Å². The third-order valence-electron chi connectivity index (χ3n) is 2.97. The van der Waals surface area contributed by atoms with E-state index < -0.39 is 0 Å². The molecular weight excluding hydrogens is 237 g/mol. The predicted octanol–water partition coefficient (Wildman–Crippen LogP) is 4.73. The van der Waals surface area contributed by atoms with Crippen LogP contribution in [0.15, 0.2) is 71.7 Å². The number of aliphatic imine (C=N–C) groups is 1. The summed E-state index contributed by atoms with van der Waals surface area (Å²) in [5.74, 6) is -0.233. The topological polar surface area (TPSA) is 12.4 Å². The first-order valence-electron chi connectivity index (χ1n) is 6.10. The second kappa shape index (κ2) is 5.02. The molecule has 0 unspecified atom stereocenters. The third-order valence-corrected chi connectivity index (χ3v) is 2.97. The molecule has 0 aromatic heterocycles. The van der Waals surface area contributed by atoms with Gasteiger partial charge in [-0.2, -0.15) is 0 Å². The van der Waals surface area contributed by atoms with Crippen molar-refractivity contribution in [2.45, 2.75) is 0 Å². The molecule has 0 spiro atoms. The predicted molar refractivity (Wildman–Crippen MR) is 77.6 cm³/mol. The smallest absolute Gasteiger partial charge is 0.123 e. The van der Waals surface area contributed by atoms with Crippen LogP contribution in [0.3, 0.4) is 0 Å². The lowest BCUT2D eigenvalue weighted by atomic mass is 10.1. The Morgan fingerprint density at radius 3 is 2.32 bits per heavy atom. The van der Waals surface area contributed by atoms with E-state index in [9.17, 15) is 4.39 Å². The summed E-state index contributed by atoms with van der Waals surface area (Å²) in [5, 5.41) is 2.36. The Hall–Kier alpha value is -2.48. The van der Waals surface area contributed by atoms with Gasteiger partial charge in [0.25, 0.3) is 0 Å². The zero-order valence-electron chi connectivity index (χ0n) is 10.3. The first-order valence-corrected chi connectivity index (χ1v) is 6.10. The summed E-state index contributed by atoms with van der Waals surface area (Å²) in [4.78, 5) is 4.41. The van der Waals surface area contributed by atoms with E-state index in [2.05, 4.69) is 17.1 Å². The highest BCUT2D eigenvalue weighted by Gasteiger charge is 1.94. The Morgan fingerprint density at radius 2 is 1.53 bits per heavy atom. The Labute approximate surface area is 111 Å². The highest BCUT2D eigenvalue weighted by Crippen LogP contribution is 2.20. The van der Waals surface area contributed by atoms with E-state index in [1.54, 1.807) is 18.3 Å². The molecule has 0 aliphatic rings. The largest absolute Gasteiger partial charge is 0.256 e. The van der Waals surface area contributed by atoms with Crippen molar-refractivity contribution in [1.82, 2.24) is 0 Å². The molecule has 0 fully saturated rings. The average molecular weight is 249 g/mol. The number of benzene rings is 3. The van der Waals surface area contributed by atoms with Crippen molar-refractivity contribution in [1.29, 1.82) is 0 Å². The summed E-state index contributed by atoms with van der Waals surface area (Å²) < 4.78 is 12.8. The van der Waals surface area contributed by atoms with Crippen molar-refractivity contribution in [2.24, 2.45) is 4.99 Å². The number of nitrogens with zero attached hydrogens (tertiary/aromatic N) is 1. The van der Waals surface area contributed by atoms with Gasteiger partial charge in [0.05, 0.1) is 5.69 Å². The van der Waals surface area contributed by atoms with Crippen molar-refractivity contribution in [3.63, 3.8) is 0 Å². The summed E-state index contributed by atoms with van der Waals surface area (Å²) in [6.07, 6.45) is 1.74. The zero-order valence-corrected chi connectivity index (χ0v) is 10.3. The summed E-state index contributed by atoms with van der Waals surface area (Å²) in [7, 11) is 0. The molecule has 1 nitrogen and oxygen atoms in total. The molecule has 0 saturated carbocycles. The van der Waals surface area contributed by atoms with Crippen LogP contribution < -0.4 is 0 Å². The third kappa shape index (κ3) is 2.68. The minimum atomic E-state index is -0.233. The fourth-order valence-corrected chi connectivity index (χ4v) is 1.95. The maximum absolute atomic E-state index is 12.8. The summed E-state index contributed by atoms with van der Waals surface area (Å²) >= 11 is 0. The van der Waals surface area contributed by atoms with E-state index in [0.717, 1.165) is 16.6 Å². The Balaban J connectivity index is 1.90. The van der Waals surface area contributed by atoms with Crippen molar-refractivity contribution in [3.05, 3.63) is 78.1 Å². The molecule has 19 heavy (non-hydrogen) atoms.